The Morgan fingerprint density at radius 2 is 2.36 bits per heavy atom. The van der Waals surface area contributed by atoms with E-state index in [-0.39, 0.29) is 5.69 Å². The summed E-state index contributed by atoms with van der Waals surface area (Å²) in [6.45, 7) is 2.05. The van der Waals surface area contributed by atoms with Crippen molar-refractivity contribution in [2.45, 2.75) is 6.92 Å². The maximum atomic E-state index is 11.4. The second-order valence-corrected chi connectivity index (χ2v) is 3.25. The molecule has 0 aliphatic heterocycles. The lowest BCUT2D eigenvalue weighted by atomic mass is 10.3. The number of nitrogens with zero attached hydrogens (tertiary/aromatic N) is 1. The largest absolute Gasteiger partial charge is 0.493 e. The van der Waals surface area contributed by atoms with Crippen molar-refractivity contribution < 1.29 is 14.3 Å². The molecule has 5 heteroatoms. The molecule has 1 heterocycles. The quantitative estimate of drug-likeness (QED) is 0.780. The summed E-state index contributed by atoms with van der Waals surface area (Å²) in [5.41, 5.74) is 0.184. The number of carbonyl (C=O) groups excluding carboxylic acids is 1. The average Bonchev–Trinajstić information content (AvgIpc) is 2.17. The van der Waals surface area contributed by atoms with Crippen molar-refractivity contribution in [2.75, 3.05) is 13.7 Å². The van der Waals surface area contributed by atoms with Crippen LogP contribution in [0, 0.1) is 0 Å². The first-order chi connectivity index (χ1) is 6.70. The van der Waals surface area contributed by atoms with Gasteiger partial charge in [-0.1, -0.05) is 0 Å². The molecule has 0 bridgehead atoms. The van der Waals surface area contributed by atoms with Gasteiger partial charge in [-0.25, -0.2) is 9.78 Å². The molecule has 0 unspecified atom stereocenters. The first-order valence-electron chi connectivity index (χ1n) is 4.06. The van der Waals surface area contributed by atoms with Crippen LogP contribution in [0.15, 0.2) is 16.7 Å². The van der Waals surface area contributed by atoms with Gasteiger partial charge in [0.1, 0.15) is 0 Å². The van der Waals surface area contributed by atoms with Crippen LogP contribution in [0.1, 0.15) is 17.4 Å². The van der Waals surface area contributed by atoms with E-state index in [1.807, 2.05) is 0 Å². The summed E-state index contributed by atoms with van der Waals surface area (Å²) in [4.78, 5) is 15.3. The molecule has 0 amide bonds. The maximum absolute atomic E-state index is 11.4. The number of hydrogen-bond donors (Lipinski definition) is 0. The summed E-state index contributed by atoms with van der Waals surface area (Å²) >= 11 is 3.25. The number of aromatic nitrogens is 1. The average molecular weight is 260 g/mol. The third-order valence-corrected chi connectivity index (χ3v) is 2.15. The molecule has 0 fully saturated rings. The molecule has 0 atom stereocenters. The predicted molar refractivity (Wildman–Crippen MR) is 54.4 cm³/mol. The van der Waals surface area contributed by atoms with E-state index in [0.29, 0.717) is 16.8 Å². The van der Waals surface area contributed by atoms with Crippen LogP contribution in [0.4, 0.5) is 0 Å². The molecule has 76 valence electrons. The third kappa shape index (κ3) is 2.23. The van der Waals surface area contributed by atoms with Crippen LogP contribution >= 0.6 is 15.9 Å². The summed E-state index contributed by atoms with van der Waals surface area (Å²) in [6.07, 6.45) is 1.51. The highest BCUT2D eigenvalue weighted by molar-refractivity contribution is 9.10. The van der Waals surface area contributed by atoms with Crippen LogP contribution in [0.3, 0.4) is 0 Å². The van der Waals surface area contributed by atoms with Gasteiger partial charge in [0, 0.05) is 6.20 Å². The number of carbonyl (C=O) groups is 1. The van der Waals surface area contributed by atoms with E-state index in [0.717, 1.165) is 0 Å². The molecule has 0 spiro atoms. The zero-order valence-electron chi connectivity index (χ0n) is 7.91. The molecule has 0 saturated carbocycles. The van der Waals surface area contributed by atoms with Gasteiger partial charge in [-0.3, -0.25) is 0 Å². The number of hydrogen-bond acceptors (Lipinski definition) is 4. The van der Waals surface area contributed by atoms with Gasteiger partial charge in [-0.2, -0.15) is 0 Å². The Balaban J connectivity index is 3.07. The summed E-state index contributed by atoms with van der Waals surface area (Å²) in [5.74, 6) is -0.0865. The molecule has 0 aromatic carbocycles. The molecule has 0 aliphatic carbocycles. The summed E-state index contributed by atoms with van der Waals surface area (Å²) in [5, 5.41) is 0. The molecule has 4 nitrogen and oxygen atoms in total. The second kappa shape index (κ2) is 4.95. The van der Waals surface area contributed by atoms with Crippen molar-refractivity contribution in [3.8, 4) is 5.75 Å². The fourth-order valence-electron chi connectivity index (χ4n) is 0.964. The minimum absolute atomic E-state index is 0.184. The Bertz CT molecular complexity index is 341. The van der Waals surface area contributed by atoms with Crippen LogP contribution in [0.2, 0.25) is 0 Å². The van der Waals surface area contributed by atoms with Gasteiger partial charge < -0.3 is 9.47 Å². The monoisotopic (exact) mass is 259 g/mol. The fourth-order valence-corrected chi connectivity index (χ4v) is 1.43. The zero-order valence-corrected chi connectivity index (χ0v) is 9.50. The number of halogens is 1. The summed E-state index contributed by atoms with van der Waals surface area (Å²) in [7, 11) is 1.48. The lowest BCUT2D eigenvalue weighted by molar-refractivity contribution is 0.0515. The number of ether oxygens (including phenoxy) is 2. The first-order valence-corrected chi connectivity index (χ1v) is 4.85. The van der Waals surface area contributed by atoms with E-state index >= 15 is 0 Å². The van der Waals surface area contributed by atoms with E-state index in [9.17, 15) is 4.79 Å². The lowest BCUT2D eigenvalue weighted by Crippen LogP contribution is -2.09. The Morgan fingerprint density at radius 3 is 2.93 bits per heavy atom. The van der Waals surface area contributed by atoms with Crippen molar-refractivity contribution in [1.82, 2.24) is 4.98 Å². The van der Waals surface area contributed by atoms with E-state index < -0.39 is 5.97 Å². The molecule has 0 saturated heterocycles. The highest BCUT2D eigenvalue weighted by atomic mass is 79.9. The van der Waals surface area contributed by atoms with Crippen LogP contribution in [-0.4, -0.2) is 24.7 Å². The van der Waals surface area contributed by atoms with Gasteiger partial charge in [0.05, 0.1) is 18.2 Å². The topological polar surface area (TPSA) is 48.4 Å². The fraction of sp³-hybridized carbons (Fsp3) is 0.333. The molecule has 1 aromatic rings. The third-order valence-electron chi connectivity index (χ3n) is 1.53. The number of esters is 1. The molecule has 0 aliphatic rings. The van der Waals surface area contributed by atoms with Gasteiger partial charge >= 0.3 is 5.97 Å². The number of rotatable bonds is 3. The predicted octanol–water partition coefficient (Wildman–Crippen LogP) is 2.03. The molecular weight excluding hydrogens is 250 g/mol. The van der Waals surface area contributed by atoms with Crippen LogP contribution in [-0.2, 0) is 4.74 Å². The van der Waals surface area contributed by atoms with Crippen molar-refractivity contribution in [2.24, 2.45) is 0 Å². The molecule has 1 rings (SSSR count). The van der Waals surface area contributed by atoms with Crippen LogP contribution in [0.5, 0.6) is 5.75 Å². The highest BCUT2D eigenvalue weighted by Gasteiger charge is 2.17. The van der Waals surface area contributed by atoms with Gasteiger partial charge in [0.15, 0.2) is 11.4 Å². The lowest BCUT2D eigenvalue weighted by Gasteiger charge is -2.07. The molecular formula is C9H10BrNO3. The van der Waals surface area contributed by atoms with Crippen molar-refractivity contribution >= 4 is 21.9 Å². The Hall–Kier alpha value is -1.10. The maximum Gasteiger partial charge on any atom is 0.360 e. The Labute approximate surface area is 90.4 Å². The zero-order chi connectivity index (χ0) is 10.6. The SMILES string of the molecule is CCOC(=O)c1nccc(Br)c1OC. The van der Waals surface area contributed by atoms with Gasteiger partial charge in [0.2, 0.25) is 0 Å². The van der Waals surface area contributed by atoms with Gasteiger partial charge in [0.25, 0.3) is 0 Å². The molecule has 0 N–H and O–H groups in total. The first kappa shape index (κ1) is 11.0. The number of methoxy groups -OCH3 is 1. The van der Waals surface area contributed by atoms with E-state index in [1.54, 1.807) is 13.0 Å². The van der Waals surface area contributed by atoms with E-state index in [1.165, 1.54) is 13.3 Å². The van der Waals surface area contributed by atoms with Gasteiger partial charge in [-0.05, 0) is 28.9 Å². The minimum atomic E-state index is -0.481. The van der Waals surface area contributed by atoms with E-state index in [4.69, 9.17) is 9.47 Å². The molecule has 14 heavy (non-hydrogen) atoms. The molecule has 0 radical (unpaired) electrons. The van der Waals surface area contributed by atoms with Crippen LogP contribution < -0.4 is 4.74 Å². The van der Waals surface area contributed by atoms with Crippen molar-refractivity contribution in [1.29, 1.82) is 0 Å². The second-order valence-electron chi connectivity index (χ2n) is 2.40. The molecule has 1 aromatic heterocycles. The van der Waals surface area contributed by atoms with Crippen LogP contribution in [0.25, 0.3) is 0 Å². The minimum Gasteiger partial charge on any atom is -0.493 e. The standard InChI is InChI=1S/C9H10BrNO3/c1-3-14-9(12)7-8(13-2)6(10)4-5-11-7/h4-5H,3H2,1-2H3. The highest BCUT2D eigenvalue weighted by Crippen LogP contribution is 2.27. The number of pyridine rings is 1. The van der Waals surface area contributed by atoms with Crippen molar-refractivity contribution in [3.05, 3.63) is 22.4 Å². The van der Waals surface area contributed by atoms with Crippen molar-refractivity contribution in [3.63, 3.8) is 0 Å². The summed E-state index contributed by atoms with van der Waals surface area (Å²) < 4.78 is 10.5. The Kier molecular flexibility index (Phi) is 3.88. The summed E-state index contributed by atoms with van der Waals surface area (Å²) in [6, 6.07) is 1.70. The Morgan fingerprint density at radius 1 is 1.64 bits per heavy atom. The normalized spacial score (nSPS) is 9.64. The smallest absolute Gasteiger partial charge is 0.360 e. The van der Waals surface area contributed by atoms with Gasteiger partial charge in [-0.15, -0.1) is 0 Å². The van der Waals surface area contributed by atoms with E-state index in [2.05, 4.69) is 20.9 Å².